The molecule has 2 atom stereocenters. The van der Waals surface area contributed by atoms with E-state index in [0.29, 0.717) is 28.1 Å². The predicted molar refractivity (Wildman–Crippen MR) is 128 cm³/mol. The van der Waals surface area contributed by atoms with Gasteiger partial charge in [0.2, 0.25) is 0 Å². The molecule has 5 heteroatoms. The van der Waals surface area contributed by atoms with Crippen molar-refractivity contribution in [2.45, 2.75) is 19.7 Å². The molecule has 2 unspecified atom stereocenters. The van der Waals surface area contributed by atoms with Crippen molar-refractivity contribution >= 4 is 50.0 Å². The Kier molecular flexibility index (Phi) is 5.18. The third-order valence-electron chi connectivity index (χ3n) is 6.36. The average Bonchev–Trinajstić information content (AvgIpc) is 3.34. The van der Waals surface area contributed by atoms with Crippen LogP contribution in [0.5, 0.6) is 0 Å². The normalized spacial score (nSPS) is 17.8. The van der Waals surface area contributed by atoms with Crippen LogP contribution in [0.4, 0.5) is 11.4 Å². The minimum atomic E-state index is -1.79. The molecule has 5 rings (SSSR count). The molecule has 0 saturated carbocycles. The summed E-state index contributed by atoms with van der Waals surface area (Å²) in [5, 5.41) is 5.78. The van der Waals surface area contributed by atoms with E-state index in [-0.39, 0.29) is 5.92 Å². The fraction of sp³-hybridized carbons (Fsp3) is 0.154. The van der Waals surface area contributed by atoms with Crippen molar-refractivity contribution in [1.29, 1.82) is 0 Å². The van der Waals surface area contributed by atoms with Crippen LogP contribution in [0, 0.1) is 0 Å². The Hall–Kier alpha value is -2.86. The van der Waals surface area contributed by atoms with Crippen LogP contribution in [0.15, 0.2) is 60.7 Å². The summed E-state index contributed by atoms with van der Waals surface area (Å²) in [6, 6.07) is 19.0. The Balaban J connectivity index is 1.87. The zero-order valence-electron chi connectivity index (χ0n) is 17.5. The first-order valence-electron chi connectivity index (χ1n) is 10.4. The van der Waals surface area contributed by atoms with Crippen molar-refractivity contribution in [3.05, 3.63) is 88.5 Å². The maximum atomic E-state index is 11.6. The van der Waals surface area contributed by atoms with Crippen molar-refractivity contribution in [3.63, 3.8) is 0 Å². The first-order chi connectivity index (χ1) is 15.2. The van der Waals surface area contributed by atoms with Crippen LogP contribution in [0.3, 0.4) is 0 Å². The second-order valence-corrected chi connectivity index (χ2v) is 16.1. The number of amides is 2. The number of carbonyl (C=O) groups is 2. The molecule has 2 aliphatic rings. The van der Waals surface area contributed by atoms with Crippen molar-refractivity contribution in [3.8, 4) is 11.1 Å². The third-order valence-corrected chi connectivity index (χ3v) is 11.4. The molecule has 0 aromatic heterocycles. The summed E-state index contributed by atoms with van der Waals surface area (Å²) >= 11 is -1.79. The molecule has 3 aromatic rings. The average molecular weight is 514 g/mol. The summed E-state index contributed by atoms with van der Waals surface area (Å²) in [4.78, 5) is 28.0. The van der Waals surface area contributed by atoms with Gasteiger partial charge in [0, 0.05) is 0 Å². The summed E-state index contributed by atoms with van der Waals surface area (Å²) < 4.78 is 0.405. The summed E-state index contributed by atoms with van der Waals surface area (Å²) in [6.07, 6.45) is 5.76. The molecule has 2 N–H and O–H groups in total. The summed E-state index contributed by atoms with van der Waals surface area (Å²) in [5.74, 6) is 0.0281. The zero-order valence-corrected chi connectivity index (χ0v) is 20.3. The summed E-state index contributed by atoms with van der Waals surface area (Å²) in [7, 11) is 0. The molecule has 0 heterocycles. The Morgan fingerprint density at radius 1 is 0.839 bits per heavy atom. The molecular weight excluding hydrogens is 491 g/mol. The molecule has 0 bridgehead atoms. The van der Waals surface area contributed by atoms with E-state index < -0.39 is 19.8 Å². The summed E-state index contributed by atoms with van der Waals surface area (Å²) in [6.45, 7) is 0. The van der Waals surface area contributed by atoms with Gasteiger partial charge in [0.1, 0.15) is 0 Å². The number of allylic oxidation sites excluding steroid dienone is 1. The monoisotopic (exact) mass is 515 g/mol. The predicted octanol–water partition coefficient (Wildman–Crippen LogP) is 5.39. The van der Waals surface area contributed by atoms with E-state index in [1.54, 1.807) is 0 Å². The Morgan fingerprint density at radius 2 is 1.55 bits per heavy atom. The second kappa shape index (κ2) is 8.00. The molecule has 0 saturated heterocycles. The molecule has 31 heavy (non-hydrogen) atoms. The molecule has 0 aliphatic heterocycles. The number of anilines is 2. The molecule has 153 valence electrons. The third kappa shape index (κ3) is 3.12. The van der Waals surface area contributed by atoms with E-state index in [1.807, 2.05) is 12.1 Å². The van der Waals surface area contributed by atoms with Gasteiger partial charge in [0.15, 0.2) is 0 Å². The topological polar surface area (TPSA) is 58.2 Å². The van der Waals surface area contributed by atoms with Crippen LogP contribution in [-0.2, 0) is 9.59 Å². The Morgan fingerprint density at radius 3 is 2.29 bits per heavy atom. The minimum absolute atomic E-state index is 0.0281. The first-order valence-corrected chi connectivity index (χ1v) is 17.8. The van der Waals surface area contributed by atoms with E-state index >= 15 is 0 Å². The Bertz CT molecular complexity index is 1230. The van der Waals surface area contributed by atoms with Crippen molar-refractivity contribution < 1.29 is 9.59 Å². The maximum absolute atomic E-state index is 11.6. The number of rotatable bonds is 6. The van der Waals surface area contributed by atoms with Gasteiger partial charge in [-0.05, 0) is 0 Å². The van der Waals surface area contributed by atoms with Gasteiger partial charge in [-0.1, -0.05) is 0 Å². The fourth-order valence-electron chi connectivity index (χ4n) is 5.22. The standard InChI is InChI=1S/C24H17N2O2.2CH3.Sn/c27-13-25-22-12-20-18-8-4-2-6-16(18)11-21(20)23(24(22)26-14-28)19-10-9-15-5-1-3-7-17(15)19;;;/h1-14,19H,(H,25,27)(H,26,28);2*1H3;. The van der Waals surface area contributed by atoms with Gasteiger partial charge in [-0.15, -0.1) is 0 Å². The molecule has 1 radical (unpaired) electrons. The van der Waals surface area contributed by atoms with Crippen molar-refractivity contribution in [1.82, 2.24) is 0 Å². The summed E-state index contributed by atoms with van der Waals surface area (Å²) in [5.41, 5.74) is 10.0. The second-order valence-electron chi connectivity index (χ2n) is 8.26. The molecular formula is C26H23N2O2Sn. The fourth-order valence-corrected chi connectivity index (χ4v) is 10.2. The molecule has 0 fully saturated rings. The number of carbonyl (C=O) groups excluding carboxylic acids is 2. The molecule has 0 spiro atoms. The quantitative estimate of drug-likeness (QED) is 0.343. The Labute approximate surface area is 189 Å². The molecule has 2 amide bonds. The molecule has 4 nitrogen and oxygen atoms in total. The van der Waals surface area contributed by atoms with Gasteiger partial charge in [-0.3, -0.25) is 0 Å². The van der Waals surface area contributed by atoms with Crippen molar-refractivity contribution in [2.75, 3.05) is 10.6 Å². The van der Waals surface area contributed by atoms with Crippen LogP contribution < -0.4 is 10.6 Å². The number of benzene rings is 3. The molecule has 2 aliphatic carbocycles. The zero-order chi connectivity index (χ0) is 21.5. The van der Waals surface area contributed by atoms with Crippen LogP contribution in [0.2, 0.25) is 9.88 Å². The van der Waals surface area contributed by atoms with Gasteiger partial charge in [-0.2, -0.15) is 0 Å². The van der Waals surface area contributed by atoms with Gasteiger partial charge >= 0.3 is 190 Å². The number of hydrogen-bond acceptors (Lipinski definition) is 2. The van der Waals surface area contributed by atoms with Crippen molar-refractivity contribution in [2.24, 2.45) is 0 Å². The van der Waals surface area contributed by atoms with Crippen LogP contribution in [0.1, 0.15) is 37.7 Å². The van der Waals surface area contributed by atoms with Crippen LogP contribution >= 0.6 is 0 Å². The number of hydrogen-bond donors (Lipinski definition) is 2. The van der Waals surface area contributed by atoms with Crippen LogP contribution in [-0.4, -0.2) is 32.6 Å². The van der Waals surface area contributed by atoms with Gasteiger partial charge < -0.3 is 0 Å². The van der Waals surface area contributed by atoms with Crippen LogP contribution in [0.25, 0.3) is 17.2 Å². The van der Waals surface area contributed by atoms with E-state index in [2.05, 4.69) is 75.1 Å². The number of fused-ring (bicyclic) bond motifs is 4. The molecule has 3 aromatic carbocycles. The van der Waals surface area contributed by atoms with Gasteiger partial charge in [0.25, 0.3) is 0 Å². The van der Waals surface area contributed by atoms with E-state index in [0.717, 1.165) is 5.56 Å². The van der Waals surface area contributed by atoms with Gasteiger partial charge in [0.05, 0.1) is 0 Å². The SMILES string of the molecule is [CH3][Sn]([CH3])[CH]1c2ccccc2-c2cc(NC=O)c(NC=O)c(C3C=Cc4ccccc43)c21. The number of nitrogens with one attached hydrogen (secondary N) is 2. The first kappa shape index (κ1) is 20.1. The van der Waals surface area contributed by atoms with E-state index in [1.165, 1.54) is 33.4 Å². The van der Waals surface area contributed by atoms with E-state index in [9.17, 15) is 9.59 Å². The van der Waals surface area contributed by atoms with Gasteiger partial charge in [-0.25, -0.2) is 0 Å². The van der Waals surface area contributed by atoms with E-state index in [4.69, 9.17) is 0 Å².